The number of H-pyrrole nitrogens is 1. The molecule has 2 N–H and O–H groups in total. The van der Waals surface area contributed by atoms with Crippen molar-refractivity contribution in [1.29, 1.82) is 5.26 Å². The molecule has 4 nitrogen and oxygen atoms in total. The van der Waals surface area contributed by atoms with Crippen molar-refractivity contribution in [3.05, 3.63) is 17.7 Å². The maximum absolute atomic E-state index is 8.97. The topological polar surface area (TPSA) is 64.5 Å². The fourth-order valence-electron chi connectivity index (χ4n) is 1.48. The molecule has 1 atom stereocenters. The predicted molar refractivity (Wildman–Crippen MR) is 68.4 cm³/mol. The highest BCUT2D eigenvalue weighted by Crippen LogP contribution is 2.18. The zero-order valence-corrected chi connectivity index (χ0v) is 11.3. The lowest BCUT2D eigenvalue weighted by Crippen LogP contribution is -2.31. The van der Waals surface area contributed by atoms with E-state index in [9.17, 15) is 0 Å². The quantitative estimate of drug-likeness (QED) is 0.840. The number of hydrogen-bond donors (Lipinski definition) is 2. The number of hydrogen-bond acceptors (Lipinski definition) is 3. The molecule has 94 valence electrons. The van der Waals surface area contributed by atoms with Gasteiger partial charge in [0.2, 0.25) is 0 Å². The summed E-state index contributed by atoms with van der Waals surface area (Å²) in [5.74, 6) is 1.29. The summed E-state index contributed by atoms with van der Waals surface area (Å²) in [7, 11) is 0. The van der Waals surface area contributed by atoms with Crippen molar-refractivity contribution in [3.8, 4) is 6.07 Å². The number of aromatic amines is 1. The Hall–Kier alpha value is -1.34. The molecule has 0 fully saturated rings. The second-order valence-electron chi connectivity index (χ2n) is 5.74. The molecule has 4 heteroatoms. The Morgan fingerprint density at radius 2 is 2.12 bits per heavy atom. The van der Waals surface area contributed by atoms with E-state index in [0.29, 0.717) is 12.5 Å². The van der Waals surface area contributed by atoms with Crippen LogP contribution >= 0.6 is 0 Å². The Morgan fingerprint density at radius 3 is 2.53 bits per heavy atom. The standard InChI is InChI=1S/C13H22N4/c1-9(2)11(6-14)15-7-10-8-16-12(17-10)13(3,4)5/h8-9,11,15H,7H2,1-5H3,(H,16,17). The lowest BCUT2D eigenvalue weighted by molar-refractivity contribution is 0.468. The normalized spacial score (nSPS) is 13.7. The molecule has 0 aliphatic heterocycles. The van der Waals surface area contributed by atoms with Crippen LogP contribution in [-0.4, -0.2) is 16.0 Å². The predicted octanol–water partition coefficient (Wildman–Crippen LogP) is 2.34. The van der Waals surface area contributed by atoms with E-state index in [1.165, 1.54) is 0 Å². The molecule has 0 aromatic carbocycles. The molecular weight excluding hydrogens is 212 g/mol. The average molecular weight is 234 g/mol. The van der Waals surface area contributed by atoms with Gasteiger partial charge in [-0.15, -0.1) is 0 Å². The highest BCUT2D eigenvalue weighted by molar-refractivity contribution is 5.09. The molecule has 0 bridgehead atoms. The summed E-state index contributed by atoms with van der Waals surface area (Å²) < 4.78 is 0. The Bertz CT molecular complexity index is 392. The van der Waals surface area contributed by atoms with E-state index in [0.717, 1.165) is 11.5 Å². The van der Waals surface area contributed by atoms with Crippen molar-refractivity contribution in [2.24, 2.45) is 5.92 Å². The molecule has 1 unspecified atom stereocenters. The van der Waals surface area contributed by atoms with Gasteiger partial charge in [-0.2, -0.15) is 5.26 Å². The number of imidazole rings is 1. The maximum Gasteiger partial charge on any atom is 0.111 e. The van der Waals surface area contributed by atoms with E-state index in [4.69, 9.17) is 5.26 Å². The number of nitrogens with zero attached hydrogens (tertiary/aromatic N) is 2. The second kappa shape index (κ2) is 5.33. The van der Waals surface area contributed by atoms with E-state index >= 15 is 0 Å². The van der Waals surface area contributed by atoms with Crippen LogP contribution in [0.1, 0.15) is 46.1 Å². The van der Waals surface area contributed by atoms with Gasteiger partial charge in [0.25, 0.3) is 0 Å². The number of nitrogens with one attached hydrogen (secondary N) is 2. The van der Waals surface area contributed by atoms with E-state index in [-0.39, 0.29) is 11.5 Å². The van der Waals surface area contributed by atoms with Gasteiger partial charge in [0.15, 0.2) is 0 Å². The number of aromatic nitrogens is 2. The third-order valence-electron chi connectivity index (χ3n) is 2.66. The molecule has 0 saturated carbocycles. The number of nitriles is 1. The van der Waals surface area contributed by atoms with Gasteiger partial charge in [-0.3, -0.25) is 5.32 Å². The molecule has 0 spiro atoms. The van der Waals surface area contributed by atoms with E-state index in [1.807, 2.05) is 20.0 Å². The van der Waals surface area contributed by atoms with Crippen LogP contribution in [0.25, 0.3) is 0 Å². The minimum atomic E-state index is -0.114. The van der Waals surface area contributed by atoms with Gasteiger partial charge < -0.3 is 4.98 Å². The summed E-state index contributed by atoms with van der Waals surface area (Å²) in [6.45, 7) is 11.1. The smallest absolute Gasteiger partial charge is 0.111 e. The summed E-state index contributed by atoms with van der Waals surface area (Å²) in [6, 6.07) is 2.15. The van der Waals surface area contributed by atoms with Gasteiger partial charge in [-0.1, -0.05) is 34.6 Å². The molecule has 17 heavy (non-hydrogen) atoms. The highest BCUT2D eigenvalue weighted by atomic mass is 15.0. The fraction of sp³-hybridized carbons (Fsp3) is 0.692. The molecule has 0 aliphatic carbocycles. The first-order chi connectivity index (χ1) is 7.84. The van der Waals surface area contributed by atoms with Crippen molar-refractivity contribution in [2.45, 2.75) is 52.6 Å². The third kappa shape index (κ3) is 3.86. The minimum absolute atomic E-state index is 0.0327. The molecule has 1 rings (SSSR count). The van der Waals surface area contributed by atoms with Crippen LogP contribution in [0.5, 0.6) is 0 Å². The summed E-state index contributed by atoms with van der Waals surface area (Å²) in [4.78, 5) is 7.65. The summed E-state index contributed by atoms with van der Waals surface area (Å²) in [5.41, 5.74) is 1.06. The van der Waals surface area contributed by atoms with Gasteiger partial charge in [0, 0.05) is 23.9 Å². The van der Waals surface area contributed by atoms with Crippen LogP contribution in [-0.2, 0) is 12.0 Å². The van der Waals surface area contributed by atoms with E-state index in [1.54, 1.807) is 0 Å². The van der Waals surface area contributed by atoms with Crippen LogP contribution in [0.2, 0.25) is 0 Å². The van der Waals surface area contributed by atoms with Crippen molar-refractivity contribution < 1.29 is 0 Å². The first-order valence-corrected chi connectivity index (χ1v) is 6.02. The Kier molecular flexibility index (Phi) is 4.30. The molecule has 0 amide bonds. The lowest BCUT2D eigenvalue weighted by atomic mass is 9.96. The Balaban J connectivity index is 2.59. The molecular formula is C13H22N4. The maximum atomic E-state index is 8.97. The minimum Gasteiger partial charge on any atom is -0.344 e. The largest absolute Gasteiger partial charge is 0.344 e. The van der Waals surface area contributed by atoms with Crippen molar-refractivity contribution >= 4 is 0 Å². The van der Waals surface area contributed by atoms with E-state index < -0.39 is 0 Å². The zero-order valence-electron chi connectivity index (χ0n) is 11.3. The fourth-order valence-corrected chi connectivity index (χ4v) is 1.48. The van der Waals surface area contributed by atoms with Crippen LogP contribution in [0.15, 0.2) is 6.20 Å². The van der Waals surface area contributed by atoms with Gasteiger partial charge in [-0.05, 0) is 5.92 Å². The summed E-state index contributed by atoms with van der Waals surface area (Å²) >= 11 is 0. The molecule has 0 radical (unpaired) electrons. The van der Waals surface area contributed by atoms with Crippen molar-refractivity contribution in [2.75, 3.05) is 0 Å². The van der Waals surface area contributed by atoms with Crippen LogP contribution < -0.4 is 5.32 Å². The van der Waals surface area contributed by atoms with Crippen LogP contribution in [0.4, 0.5) is 0 Å². The Morgan fingerprint density at radius 1 is 1.47 bits per heavy atom. The van der Waals surface area contributed by atoms with Crippen LogP contribution in [0, 0.1) is 17.2 Å². The summed E-state index contributed by atoms with van der Waals surface area (Å²) in [6.07, 6.45) is 1.84. The molecule has 1 aromatic heterocycles. The SMILES string of the molecule is CC(C)C(C#N)NCc1cnc(C(C)(C)C)[nH]1. The van der Waals surface area contributed by atoms with Gasteiger partial charge >= 0.3 is 0 Å². The molecule has 0 aliphatic rings. The van der Waals surface area contributed by atoms with Crippen molar-refractivity contribution in [1.82, 2.24) is 15.3 Å². The third-order valence-corrected chi connectivity index (χ3v) is 2.66. The summed E-state index contributed by atoms with van der Waals surface area (Å²) in [5, 5.41) is 12.2. The van der Waals surface area contributed by atoms with Crippen molar-refractivity contribution in [3.63, 3.8) is 0 Å². The Labute approximate surface area is 103 Å². The number of rotatable bonds is 4. The average Bonchev–Trinajstić information content (AvgIpc) is 2.66. The van der Waals surface area contributed by atoms with Gasteiger partial charge in [0.1, 0.15) is 5.82 Å². The van der Waals surface area contributed by atoms with Gasteiger partial charge in [0.05, 0.1) is 12.1 Å². The lowest BCUT2D eigenvalue weighted by Gasteiger charge is -2.15. The highest BCUT2D eigenvalue weighted by Gasteiger charge is 2.18. The molecule has 0 saturated heterocycles. The first kappa shape index (κ1) is 13.7. The van der Waals surface area contributed by atoms with Gasteiger partial charge in [-0.25, -0.2) is 4.98 Å². The second-order valence-corrected chi connectivity index (χ2v) is 5.74. The van der Waals surface area contributed by atoms with Crippen LogP contribution in [0.3, 0.4) is 0 Å². The molecule has 1 aromatic rings. The van der Waals surface area contributed by atoms with E-state index in [2.05, 4.69) is 42.1 Å². The zero-order chi connectivity index (χ0) is 13.1. The first-order valence-electron chi connectivity index (χ1n) is 6.02. The monoisotopic (exact) mass is 234 g/mol. The molecule has 1 heterocycles.